The van der Waals surface area contributed by atoms with Crippen molar-refractivity contribution in [2.24, 2.45) is 5.73 Å². The molecule has 100 valence electrons. The maximum absolute atomic E-state index is 12.1. The maximum Gasteiger partial charge on any atom is 0.350 e. The van der Waals surface area contributed by atoms with Crippen molar-refractivity contribution >= 4 is 22.9 Å². The highest BCUT2D eigenvalue weighted by atomic mass is 32.1. The minimum atomic E-state index is -0.226. The second kappa shape index (κ2) is 4.82. The number of nitrogens with two attached hydrogens (primary N) is 1. The standard InChI is InChI=1S/C12H10N6OS/c13-11(20)9-5-8(1-2-15-9)7-18-12(19)17-4-3-14-6-10(17)16-18/h1-6H,7H2,(H2,13,20). The average Bonchev–Trinajstić information content (AvgIpc) is 2.76. The first-order chi connectivity index (χ1) is 9.65. The van der Waals surface area contributed by atoms with Gasteiger partial charge in [0.1, 0.15) is 4.99 Å². The molecule has 3 heterocycles. The summed E-state index contributed by atoms with van der Waals surface area (Å²) >= 11 is 4.88. The monoisotopic (exact) mass is 286 g/mol. The largest absolute Gasteiger partial charge is 0.388 e. The summed E-state index contributed by atoms with van der Waals surface area (Å²) in [6.07, 6.45) is 6.25. The predicted molar refractivity (Wildman–Crippen MR) is 76.5 cm³/mol. The Morgan fingerprint density at radius 3 is 3.00 bits per heavy atom. The lowest BCUT2D eigenvalue weighted by molar-refractivity contribution is 0.658. The number of aromatic nitrogens is 5. The molecule has 0 spiro atoms. The third-order valence-corrected chi connectivity index (χ3v) is 3.01. The number of fused-ring (bicyclic) bond motifs is 1. The number of rotatable bonds is 3. The Kier molecular flexibility index (Phi) is 2.99. The van der Waals surface area contributed by atoms with Crippen molar-refractivity contribution < 1.29 is 0 Å². The van der Waals surface area contributed by atoms with Gasteiger partial charge in [-0.2, -0.15) is 0 Å². The van der Waals surface area contributed by atoms with Crippen LogP contribution in [0, 0.1) is 0 Å². The van der Waals surface area contributed by atoms with Gasteiger partial charge in [0.05, 0.1) is 18.4 Å². The number of pyridine rings is 1. The van der Waals surface area contributed by atoms with Gasteiger partial charge in [0, 0.05) is 18.6 Å². The Bertz CT molecular complexity index is 852. The van der Waals surface area contributed by atoms with Gasteiger partial charge in [-0.3, -0.25) is 9.97 Å². The van der Waals surface area contributed by atoms with Gasteiger partial charge in [-0.1, -0.05) is 12.2 Å². The van der Waals surface area contributed by atoms with E-state index in [-0.39, 0.29) is 10.7 Å². The summed E-state index contributed by atoms with van der Waals surface area (Å²) in [4.78, 5) is 20.3. The summed E-state index contributed by atoms with van der Waals surface area (Å²) in [7, 11) is 0. The first-order valence-corrected chi connectivity index (χ1v) is 6.20. The second-order valence-electron chi connectivity index (χ2n) is 4.16. The molecule has 0 aliphatic heterocycles. The summed E-state index contributed by atoms with van der Waals surface area (Å²) in [6, 6.07) is 3.54. The summed E-state index contributed by atoms with van der Waals surface area (Å²) in [5, 5.41) is 4.20. The lowest BCUT2D eigenvalue weighted by atomic mass is 10.2. The fraction of sp³-hybridized carbons (Fsp3) is 0.0833. The molecule has 0 saturated heterocycles. The van der Waals surface area contributed by atoms with Gasteiger partial charge in [0.2, 0.25) is 0 Å². The SMILES string of the molecule is NC(=S)c1cc(Cn2nc3cnccn3c2=O)ccn1. The van der Waals surface area contributed by atoms with Crippen molar-refractivity contribution in [2.75, 3.05) is 0 Å². The summed E-state index contributed by atoms with van der Waals surface area (Å²) < 4.78 is 2.79. The highest BCUT2D eigenvalue weighted by molar-refractivity contribution is 7.80. The smallest absolute Gasteiger partial charge is 0.350 e. The number of nitrogens with zero attached hydrogens (tertiary/aromatic N) is 5. The van der Waals surface area contributed by atoms with Gasteiger partial charge in [0.15, 0.2) is 5.65 Å². The summed E-state index contributed by atoms with van der Waals surface area (Å²) in [5.41, 5.74) is 7.19. The first kappa shape index (κ1) is 12.4. The van der Waals surface area contributed by atoms with Crippen molar-refractivity contribution in [3.05, 3.63) is 58.7 Å². The molecule has 0 fully saturated rings. The molecule has 8 heteroatoms. The Morgan fingerprint density at radius 2 is 2.25 bits per heavy atom. The third-order valence-electron chi connectivity index (χ3n) is 2.80. The van der Waals surface area contributed by atoms with Gasteiger partial charge in [0.25, 0.3) is 0 Å². The molecule has 0 unspecified atom stereocenters. The average molecular weight is 286 g/mol. The van der Waals surface area contributed by atoms with Gasteiger partial charge in [-0.25, -0.2) is 13.9 Å². The normalized spacial score (nSPS) is 10.8. The fourth-order valence-corrected chi connectivity index (χ4v) is 1.97. The van der Waals surface area contributed by atoms with Crippen LogP contribution in [0.1, 0.15) is 11.3 Å². The second-order valence-corrected chi connectivity index (χ2v) is 4.60. The van der Waals surface area contributed by atoms with Crippen LogP contribution in [0.15, 0.2) is 41.7 Å². The third kappa shape index (κ3) is 2.16. The molecular formula is C12H10N6OS. The topological polar surface area (TPSA) is 91.1 Å². The molecule has 3 rings (SSSR count). The Balaban J connectivity index is 2.01. The number of hydrogen-bond donors (Lipinski definition) is 1. The molecule has 0 aliphatic carbocycles. The number of thiocarbonyl (C=S) groups is 1. The Hall–Kier alpha value is -2.61. The highest BCUT2D eigenvalue weighted by Gasteiger charge is 2.08. The molecule has 0 aromatic carbocycles. The lowest BCUT2D eigenvalue weighted by Gasteiger charge is -2.02. The zero-order chi connectivity index (χ0) is 14.1. The van der Waals surface area contributed by atoms with Gasteiger partial charge in [-0.05, 0) is 17.7 Å². The zero-order valence-corrected chi connectivity index (χ0v) is 11.1. The van der Waals surface area contributed by atoms with Crippen LogP contribution in [0.4, 0.5) is 0 Å². The van der Waals surface area contributed by atoms with E-state index in [0.717, 1.165) is 5.56 Å². The summed E-state index contributed by atoms with van der Waals surface area (Å²) in [5.74, 6) is 0. The van der Waals surface area contributed by atoms with Crippen LogP contribution in [-0.2, 0) is 6.54 Å². The fourth-order valence-electron chi connectivity index (χ4n) is 1.86. The molecule has 0 atom stereocenters. The minimum Gasteiger partial charge on any atom is -0.388 e. The Morgan fingerprint density at radius 1 is 1.40 bits per heavy atom. The van der Waals surface area contributed by atoms with Crippen molar-refractivity contribution in [1.82, 2.24) is 24.1 Å². The minimum absolute atomic E-state index is 0.221. The first-order valence-electron chi connectivity index (χ1n) is 5.79. The van der Waals surface area contributed by atoms with Gasteiger partial charge in [-0.15, -0.1) is 5.10 Å². The molecule has 3 aromatic rings. The maximum atomic E-state index is 12.1. The number of hydrogen-bond acceptors (Lipinski definition) is 5. The van der Waals surface area contributed by atoms with Crippen LogP contribution in [-0.4, -0.2) is 29.1 Å². The van der Waals surface area contributed by atoms with Crippen molar-refractivity contribution in [3.63, 3.8) is 0 Å². The molecule has 0 aliphatic rings. The van der Waals surface area contributed by atoms with E-state index in [1.807, 2.05) is 0 Å². The van der Waals surface area contributed by atoms with Crippen LogP contribution >= 0.6 is 12.2 Å². The van der Waals surface area contributed by atoms with Gasteiger partial charge >= 0.3 is 5.69 Å². The molecule has 0 amide bonds. The van der Waals surface area contributed by atoms with E-state index in [4.69, 9.17) is 18.0 Å². The van der Waals surface area contributed by atoms with Gasteiger partial charge < -0.3 is 5.73 Å². The molecule has 0 bridgehead atoms. The van der Waals surface area contributed by atoms with E-state index < -0.39 is 0 Å². The van der Waals surface area contributed by atoms with Crippen LogP contribution in [0.5, 0.6) is 0 Å². The highest BCUT2D eigenvalue weighted by Crippen LogP contribution is 2.04. The van der Waals surface area contributed by atoms with Crippen LogP contribution < -0.4 is 11.4 Å². The van der Waals surface area contributed by atoms with Crippen molar-refractivity contribution in [1.29, 1.82) is 0 Å². The molecule has 3 aromatic heterocycles. The molecule has 20 heavy (non-hydrogen) atoms. The molecule has 2 N–H and O–H groups in total. The molecule has 0 radical (unpaired) electrons. The van der Waals surface area contributed by atoms with E-state index in [1.165, 1.54) is 21.5 Å². The summed E-state index contributed by atoms with van der Waals surface area (Å²) in [6.45, 7) is 0.318. The quantitative estimate of drug-likeness (QED) is 0.680. The van der Waals surface area contributed by atoms with E-state index in [2.05, 4.69) is 15.1 Å². The molecular weight excluding hydrogens is 276 g/mol. The zero-order valence-electron chi connectivity index (χ0n) is 10.3. The van der Waals surface area contributed by atoms with E-state index in [0.29, 0.717) is 17.9 Å². The lowest BCUT2D eigenvalue weighted by Crippen LogP contribution is -2.22. The van der Waals surface area contributed by atoms with Crippen LogP contribution in [0.3, 0.4) is 0 Å². The van der Waals surface area contributed by atoms with Crippen LogP contribution in [0.25, 0.3) is 5.65 Å². The van der Waals surface area contributed by atoms with Crippen molar-refractivity contribution in [2.45, 2.75) is 6.54 Å². The van der Waals surface area contributed by atoms with E-state index in [1.54, 1.807) is 24.5 Å². The predicted octanol–water partition coefficient (Wildman–Crippen LogP) is -0.0315. The van der Waals surface area contributed by atoms with E-state index >= 15 is 0 Å². The Labute approximate surface area is 118 Å². The van der Waals surface area contributed by atoms with E-state index in [9.17, 15) is 4.79 Å². The van der Waals surface area contributed by atoms with Crippen molar-refractivity contribution in [3.8, 4) is 0 Å². The van der Waals surface area contributed by atoms with Crippen LogP contribution in [0.2, 0.25) is 0 Å². The molecule has 0 saturated carbocycles. The molecule has 7 nitrogen and oxygen atoms in total.